The largest absolute Gasteiger partial charge is 0.481 e. The molecule has 1 fully saturated rings. The molecule has 31 heavy (non-hydrogen) atoms. The molecule has 0 amide bonds. The number of fused-ring (bicyclic) bond motifs is 1. The third-order valence-electron chi connectivity index (χ3n) is 5.89. The molecule has 3 aromatic rings. The second kappa shape index (κ2) is 9.18. The van der Waals surface area contributed by atoms with Crippen LogP contribution < -0.4 is 0 Å². The van der Waals surface area contributed by atoms with Gasteiger partial charge in [0.15, 0.2) is 0 Å². The van der Waals surface area contributed by atoms with Gasteiger partial charge < -0.3 is 5.11 Å². The highest BCUT2D eigenvalue weighted by Crippen LogP contribution is 2.29. The fourth-order valence-electron chi connectivity index (χ4n) is 4.23. The molecule has 4 rings (SSSR count). The van der Waals surface area contributed by atoms with Crippen molar-refractivity contribution >= 4 is 26.8 Å². The highest BCUT2D eigenvalue weighted by molar-refractivity contribution is 7.89. The second-order valence-corrected chi connectivity index (χ2v) is 9.75. The topological polar surface area (TPSA) is 77.9 Å². The zero-order valence-electron chi connectivity index (χ0n) is 17.2. The number of sulfonamides is 1. The smallest absolute Gasteiger partial charge is 0.303 e. The minimum absolute atomic E-state index is 0.0391. The lowest BCUT2D eigenvalue weighted by Crippen LogP contribution is -2.49. The van der Waals surface area contributed by atoms with Gasteiger partial charge in [-0.05, 0) is 34.9 Å². The first kappa shape index (κ1) is 21.5. The van der Waals surface area contributed by atoms with Crippen LogP contribution in [-0.2, 0) is 14.8 Å². The fraction of sp³-hybridized carbons (Fsp3) is 0.292. The summed E-state index contributed by atoms with van der Waals surface area (Å²) in [6.07, 6.45) is 0.575. The summed E-state index contributed by atoms with van der Waals surface area (Å²) in [6.45, 7) is 1.88. The van der Waals surface area contributed by atoms with Crippen molar-refractivity contribution in [2.24, 2.45) is 0 Å². The van der Waals surface area contributed by atoms with Crippen molar-refractivity contribution < 1.29 is 18.3 Å². The highest BCUT2D eigenvalue weighted by Gasteiger charge is 2.31. The number of aliphatic carboxylic acids is 1. The Labute approximate surface area is 182 Å². The number of carboxylic acid groups (broad SMARTS) is 1. The predicted molar refractivity (Wildman–Crippen MR) is 120 cm³/mol. The Kier molecular flexibility index (Phi) is 6.36. The molecule has 162 valence electrons. The van der Waals surface area contributed by atoms with Gasteiger partial charge in [-0.15, -0.1) is 0 Å². The Morgan fingerprint density at radius 1 is 0.871 bits per heavy atom. The molecule has 0 bridgehead atoms. The number of benzene rings is 3. The molecule has 1 N–H and O–H groups in total. The molecule has 0 saturated carbocycles. The van der Waals surface area contributed by atoms with Crippen molar-refractivity contribution in [1.29, 1.82) is 0 Å². The van der Waals surface area contributed by atoms with E-state index < -0.39 is 16.0 Å². The Balaban J connectivity index is 1.49. The molecule has 0 spiro atoms. The molecule has 6 nitrogen and oxygen atoms in total. The number of piperazine rings is 1. The monoisotopic (exact) mass is 438 g/mol. The summed E-state index contributed by atoms with van der Waals surface area (Å²) in [7, 11) is -3.58. The third-order valence-corrected chi connectivity index (χ3v) is 7.78. The first-order valence-electron chi connectivity index (χ1n) is 10.4. The summed E-state index contributed by atoms with van der Waals surface area (Å²) in [5.74, 6) is -0.821. The molecular formula is C24H26N2O4S. The van der Waals surface area contributed by atoms with Crippen LogP contribution in [0.3, 0.4) is 0 Å². The zero-order valence-corrected chi connectivity index (χ0v) is 18.0. The lowest BCUT2D eigenvalue weighted by molar-refractivity contribution is -0.137. The number of hydrogen-bond donors (Lipinski definition) is 1. The predicted octanol–water partition coefficient (Wildman–Crippen LogP) is 3.75. The van der Waals surface area contributed by atoms with Gasteiger partial charge in [-0.1, -0.05) is 60.7 Å². The van der Waals surface area contributed by atoms with Gasteiger partial charge in [0, 0.05) is 38.6 Å². The van der Waals surface area contributed by atoms with E-state index in [0.717, 1.165) is 16.3 Å². The van der Waals surface area contributed by atoms with Crippen LogP contribution in [0, 0.1) is 0 Å². The zero-order chi connectivity index (χ0) is 21.8. The molecule has 1 saturated heterocycles. The molecule has 1 heterocycles. The third kappa shape index (κ3) is 4.79. The molecule has 1 aliphatic rings. The van der Waals surface area contributed by atoms with E-state index in [1.54, 1.807) is 12.1 Å². The van der Waals surface area contributed by atoms with Crippen molar-refractivity contribution in [1.82, 2.24) is 9.21 Å². The molecule has 0 radical (unpaired) electrons. The lowest BCUT2D eigenvalue weighted by Gasteiger charge is -2.39. The van der Waals surface area contributed by atoms with Gasteiger partial charge in [-0.3, -0.25) is 9.69 Å². The molecule has 0 aromatic heterocycles. The average molecular weight is 439 g/mol. The molecule has 0 aliphatic carbocycles. The minimum atomic E-state index is -3.58. The van der Waals surface area contributed by atoms with Crippen LogP contribution in [0.15, 0.2) is 77.7 Å². The van der Waals surface area contributed by atoms with E-state index in [0.29, 0.717) is 37.5 Å². The minimum Gasteiger partial charge on any atom is -0.481 e. The summed E-state index contributed by atoms with van der Waals surface area (Å²) in [6, 6.07) is 22.8. The van der Waals surface area contributed by atoms with Crippen molar-refractivity contribution in [2.75, 3.05) is 26.2 Å². The van der Waals surface area contributed by atoms with Crippen LogP contribution >= 0.6 is 0 Å². The van der Waals surface area contributed by atoms with Gasteiger partial charge in [-0.25, -0.2) is 8.42 Å². The Bertz CT molecular complexity index is 1160. The first-order valence-corrected chi connectivity index (χ1v) is 11.9. The van der Waals surface area contributed by atoms with E-state index in [4.69, 9.17) is 5.11 Å². The van der Waals surface area contributed by atoms with Crippen LogP contribution in [0.5, 0.6) is 0 Å². The van der Waals surface area contributed by atoms with E-state index in [-0.39, 0.29) is 12.5 Å². The Morgan fingerprint density at radius 2 is 1.52 bits per heavy atom. The highest BCUT2D eigenvalue weighted by atomic mass is 32.2. The summed E-state index contributed by atoms with van der Waals surface area (Å²) < 4.78 is 28.0. The van der Waals surface area contributed by atoms with E-state index >= 15 is 0 Å². The van der Waals surface area contributed by atoms with E-state index in [2.05, 4.69) is 4.90 Å². The van der Waals surface area contributed by atoms with Crippen LogP contribution in [0.1, 0.15) is 24.4 Å². The summed E-state index contributed by atoms with van der Waals surface area (Å²) in [5.41, 5.74) is 1.06. The summed E-state index contributed by atoms with van der Waals surface area (Å²) >= 11 is 0. The molecule has 1 aliphatic heterocycles. The number of nitrogens with zero attached hydrogens (tertiary/aromatic N) is 2. The van der Waals surface area contributed by atoms with E-state index in [1.807, 2.05) is 60.7 Å². The number of hydrogen-bond acceptors (Lipinski definition) is 4. The van der Waals surface area contributed by atoms with Crippen LogP contribution in [-0.4, -0.2) is 54.9 Å². The molecule has 7 heteroatoms. The summed E-state index contributed by atoms with van der Waals surface area (Å²) in [4.78, 5) is 13.7. The van der Waals surface area contributed by atoms with Gasteiger partial charge in [0.05, 0.1) is 4.90 Å². The maximum atomic E-state index is 13.2. The Hall–Kier alpha value is -2.74. The van der Waals surface area contributed by atoms with Crippen molar-refractivity contribution in [3.8, 4) is 0 Å². The maximum absolute atomic E-state index is 13.2. The van der Waals surface area contributed by atoms with Crippen LogP contribution in [0.25, 0.3) is 10.8 Å². The van der Waals surface area contributed by atoms with Crippen LogP contribution in [0.4, 0.5) is 0 Å². The van der Waals surface area contributed by atoms with Gasteiger partial charge in [0.25, 0.3) is 0 Å². The van der Waals surface area contributed by atoms with Gasteiger partial charge in [0.1, 0.15) is 0 Å². The van der Waals surface area contributed by atoms with Crippen molar-refractivity contribution in [3.05, 3.63) is 78.4 Å². The van der Waals surface area contributed by atoms with E-state index in [1.165, 1.54) is 4.31 Å². The average Bonchev–Trinajstić information content (AvgIpc) is 2.80. The van der Waals surface area contributed by atoms with Gasteiger partial charge >= 0.3 is 5.97 Å². The number of carboxylic acids is 1. The second-order valence-electron chi connectivity index (χ2n) is 7.81. The summed E-state index contributed by atoms with van der Waals surface area (Å²) in [5, 5.41) is 11.1. The van der Waals surface area contributed by atoms with Crippen LogP contribution in [0.2, 0.25) is 0 Å². The fourth-order valence-corrected chi connectivity index (χ4v) is 5.69. The molecular weight excluding hydrogens is 412 g/mol. The normalized spacial score (nSPS) is 16.9. The van der Waals surface area contributed by atoms with Crippen molar-refractivity contribution in [3.63, 3.8) is 0 Å². The number of carbonyl (C=O) groups is 1. The van der Waals surface area contributed by atoms with E-state index in [9.17, 15) is 13.2 Å². The number of rotatable bonds is 7. The molecule has 1 unspecified atom stereocenters. The maximum Gasteiger partial charge on any atom is 0.303 e. The van der Waals surface area contributed by atoms with Crippen molar-refractivity contribution in [2.45, 2.75) is 23.8 Å². The van der Waals surface area contributed by atoms with Gasteiger partial charge in [-0.2, -0.15) is 4.31 Å². The molecule has 3 aromatic carbocycles. The SMILES string of the molecule is O=C(O)CCC(c1ccccc1)N1CCN(S(=O)(=O)c2ccc3ccccc3c2)CC1. The lowest BCUT2D eigenvalue weighted by atomic mass is 9.99. The standard InChI is InChI=1S/C24H26N2O4S/c27-24(28)13-12-23(20-7-2-1-3-8-20)25-14-16-26(17-15-25)31(29,30)22-11-10-19-6-4-5-9-21(19)18-22/h1-11,18,23H,12-17H2,(H,27,28). The quantitative estimate of drug-likeness (QED) is 0.608. The Morgan fingerprint density at radius 3 is 2.19 bits per heavy atom. The first-order chi connectivity index (χ1) is 14.9. The molecule has 1 atom stereocenters. The van der Waals surface area contributed by atoms with Gasteiger partial charge in [0.2, 0.25) is 10.0 Å².